The minimum atomic E-state index is -0.0141. The Bertz CT molecular complexity index is 808. The smallest absolute Gasteiger partial charge is 0.251 e. The average molecular weight is 292 g/mol. The van der Waals surface area contributed by atoms with Crippen LogP contribution in [0.5, 0.6) is 0 Å². The van der Waals surface area contributed by atoms with Crippen LogP contribution < -0.4 is 5.56 Å². The van der Waals surface area contributed by atoms with Crippen molar-refractivity contribution in [3.63, 3.8) is 0 Å². The van der Waals surface area contributed by atoms with Gasteiger partial charge in [0, 0.05) is 12.3 Å². The monoisotopic (exact) mass is 292 g/mol. The van der Waals surface area contributed by atoms with Crippen molar-refractivity contribution in [1.82, 2.24) is 9.55 Å². The predicted molar refractivity (Wildman–Crippen MR) is 90.1 cm³/mol. The second-order valence-corrected chi connectivity index (χ2v) is 5.51. The van der Waals surface area contributed by atoms with Gasteiger partial charge in [0.2, 0.25) is 0 Å². The Labute approximate surface area is 130 Å². The molecule has 3 heteroatoms. The Morgan fingerprint density at radius 2 is 1.86 bits per heavy atom. The highest BCUT2D eigenvalue weighted by Crippen LogP contribution is 2.25. The van der Waals surface area contributed by atoms with E-state index in [4.69, 9.17) is 0 Å². The number of benzene rings is 1. The van der Waals surface area contributed by atoms with Gasteiger partial charge in [-0.15, -0.1) is 0 Å². The summed E-state index contributed by atoms with van der Waals surface area (Å²) in [5.74, 6) is 0. The lowest BCUT2D eigenvalue weighted by Gasteiger charge is -2.21. The van der Waals surface area contributed by atoms with Gasteiger partial charge in [-0.05, 0) is 36.1 Å². The van der Waals surface area contributed by atoms with Crippen LogP contribution in [0.15, 0.2) is 65.6 Å². The molecule has 2 aromatic heterocycles. The fourth-order valence-electron chi connectivity index (χ4n) is 2.91. The molecule has 1 atom stereocenters. The number of hydrogen-bond acceptors (Lipinski definition) is 2. The molecule has 3 nitrogen and oxygen atoms in total. The summed E-state index contributed by atoms with van der Waals surface area (Å²) < 4.78 is 1.90. The van der Waals surface area contributed by atoms with Crippen molar-refractivity contribution in [2.45, 2.75) is 32.2 Å². The van der Waals surface area contributed by atoms with Gasteiger partial charge in [-0.25, -0.2) is 0 Å². The minimum absolute atomic E-state index is 0.0141. The van der Waals surface area contributed by atoms with E-state index >= 15 is 0 Å². The quantitative estimate of drug-likeness (QED) is 0.707. The van der Waals surface area contributed by atoms with Crippen molar-refractivity contribution in [1.29, 1.82) is 0 Å². The van der Waals surface area contributed by atoms with Crippen molar-refractivity contribution in [3.8, 4) is 0 Å². The van der Waals surface area contributed by atoms with Gasteiger partial charge in [-0.2, -0.15) is 0 Å². The third-order valence-electron chi connectivity index (χ3n) is 4.01. The summed E-state index contributed by atoms with van der Waals surface area (Å²) in [6.45, 7) is 2.17. The van der Waals surface area contributed by atoms with Crippen molar-refractivity contribution in [2.75, 3.05) is 0 Å². The molecule has 3 aromatic rings. The molecular formula is C19H20N2O. The number of hydrogen-bond donors (Lipinski definition) is 0. The standard InChI is InChI=1S/C19H20N2O/c1-2-3-10-18(16-9-6-7-14-20-16)21-17-11-5-4-8-15(17)12-13-19(21)22/h4-9,11-14,18H,2-3,10H2,1H3. The molecule has 0 amide bonds. The Balaban J connectivity index is 2.20. The van der Waals surface area contributed by atoms with Crippen LogP contribution in [0.4, 0.5) is 0 Å². The summed E-state index contributed by atoms with van der Waals surface area (Å²) in [6, 6.07) is 17.5. The van der Waals surface area contributed by atoms with Crippen LogP contribution in [0, 0.1) is 0 Å². The number of unbranched alkanes of at least 4 members (excludes halogenated alkanes) is 1. The lowest BCUT2D eigenvalue weighted by atomic mass is 10.0. The number of fused-ring (bicyclic) bond motifs is 1. The molecular weight excluding hydrogens is 272 g/mol. The van der Waals surface area contributed by atoms with E-state index in [2.05, 4.69) is 11.9 Å². The highest BCUT2D eigenvalue weighted by Gasteiger charge is 2.17. The molecule has 0 saturated heterocycles. The first-order valence-electron chi connectivity index (χ1n) is 7.82. The molecule has 112 valence electrons. The van der Waals surface area contributed by atoms with Crippen LogP contribution in [0.25, 0.3) is 10.9 Å². The van der Waals surface area contributed by atoms with Crippen LogP contribution >= 0.6 is 0 Å². The van der Waals surface area contributed by atoms with E-state index in [0.717, 1.165) is 35.9 Å². The topological polar surface area (TPSA) is 34.9 Å². The maximum absolute atomic E-state index is 12.5. The number of rotatable bonds is 5. The van der Waals surface area contributed by atoms with Gasteiger partial charge in [0.15, 0.2) is 0 Å². The van der Waals surface area contributed by atoms with E-state index in [9.17, 15) is 4.79 Å². The normalized spacial score (nSPS) is 12.4. The maximum atomic E-state index is 12.5. The fraction of sp³-hybridized carbons (Fsp3) is 0.263. The first kappa shape index (κ1) is 14.5. The van der Waals surface area contributed by atoms with Crippen molar-refractivity contribution in [3.05, 3.63) is 76.8 Å². The highest BCUT2D eigenvalue weighted by molar-refractivity contribution is 5.79. The molecule has 0 N–H and O–H groups in total. The summed E-state index contributed by atoms with van der Waals surface area (Å²) in [5.41, 5.74) is 1.96. The molecule has 0 aliphatic carbocycles. The third-order valence-corrected chi connectivity index (χ3v) is 4.01. The Morgan fingerprint density at radius 1 is 1.05 bits per heavy atom. The Hall–Kier alpha value is -2.42. The molecule has 1 unspecified atom stereocenters. The van der Waals surface area contributed by atoms with Gasteiger partial charge in [0.1, 0.15) is 0 Å². The van der Waals surface area contributed by atoms with Crippen molar-refractivity contribution < 1.29 is 0 Å². The van der Waals surface area contributed by atoms with Crippen LogP contribution in [-0.2, 0) is 0 Å². The summed E-state index contributed by atoms with van der Waals surface area (Å²) in [5, 5.41) is 1.08. The molecule has 0 fully saturated rings. The SMILES string of the molecule is CCCCC(c1ccccn1)n1c(=O)ccc2ccccc21. The second-order valence-electron chi connectivity index (χ2n) is 5.51. The largest absolute Gasteiger partial charge is 0.299 e. The summed E-state index contributed by atoms with van der Waals surface area (Å²) in [6.07, 6.45) is 4.88. The molecule has 0 saturated carbocycles. The fourth-order valence-corrected chi connectivity index (χ4v) is 2.91. The van der Waals surface area contributed by atoms with Gasteiger partial charge in [0.25, 0.3) is 5.56 Å². The summed E-state index contributed by atoms with van der Waals surface area (Å²) in [4.78, 5) is 17.0. The summed E-state index contributed by atoms with van der Waals surface area (Å²) >= 11 is 0. The first-order chi connectivity index (χ1) is 10.8. The van der Waals surface area contributed by atoms with E-state index in [1.165, 1.54) is 0 Å². The van der Waals surface area contributed by atoms with Crippen LogP contribution in [0.3, 0.4) is 0 Å². The average Bonchev–Trinajstić information content (AvgIpc) is 2.58. The van der Waals surface area contributed by atoms with Gasteiger partial charge in [0.05, 0.1) is 17.3 Å². The lowest BCUT2D eigenvalue weighted by molar-refractivity contribution is 0.505. The van der Waals surface area contributed by atoms with E-state index in [0.29, 0.717) is 0 Å². The Morgan fingerprint density at radius 3 is 2.64 bits per heavy atom. The van der Waals surface area contributed by atoms with Gasteiger partial charge >= 0.3 is 0 Å². The van der Waals surface area contributed by atoms with E-state index in [1.807, 2.05) is 53.1 Å². The van der Waals surface area contributed by atoms with Gasteiger partial charge in [-0.3, -0.25) is 14.3 Å². The number of para-hydroxylation sites is 1. The zero-order chi connectivity index (χ0) is 15.4. The maximum Gasteiger partial charge on any atom is 0.251 e. The van der Waals surface area contributed by atoms with Crippen LogP contribution in [0.2, 0.25) is 0 Å². The van der Waals surface area contributed by atoms with E-state index in [1.54, 1.807) is 12.3 Å². The zero-order valence-corrected chi connectivity index (χ0v) is 12.8. The molecule has 0 radical (unpaired) electrons. The number of aromatic nitrogens is 2. The molecule has 0 spiro atoms. The van der Waals surface area contributed by atoms with Crippen molar-refractivity contribution in [2.24, 2.45) is 0 Å². The second kappa shape index (κ2) is 6.56. The first-order valence-corrected chi connectivity index (χ1v) is 7.82. The molecule has 1 aromatic carbocycles. The highest BCUT2D eigenvalue weighted by atomic mass is 16.1. The number of pyridine rings is 2. The molecule has 3 rings (SSSR count). The third kappa shape index (κ3) is 2.80. The van der Waals surface area contributed by atoms with E-state index < -0.39 is 0 Å². The van der Waals surface area contributed by atoms with Crippen LogP contribution in [-0.4, -0.2) is 9.55 Å². The lowest BCUT2D eigenvalue weighted by Crippen LogP contribution is -2.25. The Kier molecular flexibility index (Phi) is 4.33. The van der Waals surface area contributed by atoms with Gasteiger partial charge in [-0.1, -0.05) is 44.0 Å². The molecule has 0 aliphatic heterocycles. The number of nitrogens with zero attached hydrogens (tertiary/aromatic N) is 2. The summed E-state index contributed by atoms with van der Waals surface area (Å²) in [7, 11) is 0. The molecule has 2 heterocycles. The minimum Gasteiger partial charge on any atom is -0.299 e. The molecule has 22 heavy (non-hydrogen) atoms. The predicted octanol–water partition coefficient (Wildman–Crippen LogP) is 4.18. The zero-order valence-electron chi connectivity index (χ0n) is 12.8. The van der Waals surface area contributed by atoms with Crippen molar-refractivity contribution >= 4 is 10.9 Å². The molecule has 0 bridgehead atoms. The van der Waals surface area contributed by atoms with Gasteiger partial charge < -0.3 is 0 Å². The van der Waals surface area contributed by atoms with Crippen LogP contribution in [0.1, 0.15) is 37.9 Å². The van der Waals surface area contributed by atoms with E-state index in [-0.39, 0.29) is 11.6 Å². The molecule has 0 aliphatic rings.